The Morgan fingerprint density at radius 2 is 2.22 bits per heavy atom. The van der Waals surface area contributed by atoms with E-state index in [1.165, 1.54) is 12.0 Å². The first kappa shape index (κ1) is 15.8. The fourth-order valence-electron chi connectivity index (χ4n) is 2.88. The molecule has 2 aliphatic heterocycles. The van der Waals surface area contributed by atoms with E-state index in [0.29, 0.717) is 21.9 Å². The molecule has 23 heavy (non-hydrogen) atoms. The summed E-state index contributed by atoms with van der Waals surface area (Å²) in [6.45, 7) is 0.361. The lowest BCUT2D eigenvalue weighted by Crippen LogP contribution is -2.42. The summed E-state index contributed by atoms with van der Waals surface area (Å²) in [6.07, 6.45) is 1.71. The highest BCUT2D eigenvalue weighted by atomic mass is 35.5. The van der Waals surface area contributed by atoms with Gasteiger partial charge in [-0.25, -0.2) is 4.79 Å². The molecule has 1 N–H and O–H groups in total. The van der Waals surface area contributed by atoms with E-state index >= 15 is 0 Å². The molecule has 7 heteroatoms. The third-order valence-electron chi connectivity index (χ3n) is 4.10. The summed E-state index contributed by atoms with van der Waals surface area (Å²) in [7, 11) is 1.51. The van der Waals surface area contributed by atoms with E-state index in [2.05, 4.69) is 0 Å². The van der Waals surface area contributed by atoms with E-state index in [-0.39, 0.29) is 31.6 Å². The third-order valence-corrected chi connectivity index (χ3v) is 4.34. The Labute approximate surface area is 138 Å². The van der Waals surface area contributed by atoms with Gasteiger partial charge in [-0.05, 0) is 24.3 Å². The van der Waals surface area contributed by atoms with Crippen molar-refractivity contribution in [3.8, 4) is 5.75 Å². The lowest BCUT2D eigenvalue weighted by atomic mass is 10.1. The SMILES string of the molecule is COC1CC(C(=O)O)N(C(=O)C2=Cc3cc(Cl)ccc3OC2)C1. The monoisotopic (exact) mass is 337 g/mol. The number of benzene rings is 1. The molecule has 1 aromatic carbocycles. The maximum atomic E-state index is 12.7. The standard InChI is InChI=1S/C16H16ClNO5/c1-22-12-6-13(16(20)21)18(7-12)15(19)10-4-9-5-11(17)2-3-14(9)23-8-10/h2-5,12-13H,6-8H2,1H3,(H,20,21). The Kier molecular flexibility index (Phi) is 4.28. The number of fused-ring (bicyclic) bond motifs is 1. The normalized spacial score (nSPS) is 23.0. The lowest BCUT2D eigenvalue weighted by molar-refractivity contribution is -0.147. The van der Waals surface area contributed by atoms with Gasteiger partial charge in [0.2, 0.25) is 0 Å². The van der Waals surface area contributed by atoms with Crippen molar-refractivity contribution in [3.63, 3.8) is 0 Å². The first-order valence-corrected chi connectivity index (χ1v) is 7.57. The number of aliphatic carboxylic acids is 1. The van der Waals surface area contributed by atoms with Crippen molar-refractivity contribution in [2.24, 2.45) is 0 Å². The van der Waals surface area contributed by atoms with Crippen LogP contribution in [0.1, 0.15) is 12.0 Å². The van der Waals surface area contributed by atoms with Gasteiger partial charge in [-0.3, -0.25) is 4.79 Å². The fourth-order valence-corrected chi connectivity index (χ4v) is 3.06. The van der Waals surface area contributed by atoms with Crippen LogP contribution >= 0.6 is 11.6 Å². The predicted molar refractivity (Wildman–Crippen MR) is 83.5 cm³/mol. The number of hydrogen-bond acceptors (Lipinski definition) is 4. The second kappa shape index (κ2) is 6.22. The number of carbonyl (C=O) groups excluding carboxylic acids is 1. The summed E-state index contributed by atoms with van der Waals surface area (Å²) in [6, 6.07) is 4.28. The molecular formula is C16H16ClNO5. The summed E-state index contributed by atoms with van der Waals surface area (Å²) < 4.78 is 10.8. The molecule has 6 nitrogen and oxygen atoms in total. The molecule has 0 aliphatic carbocycles. The minimum absolute atomic E-state index is 0.105. The van der Waals surface area contributed by atoms with Crippen molar-refractivity contribution in [1.29, 1.82) is 0 Å². The zero-order valence-electron chi connectivity index (χ0n) is 12.5. The molecule has 1 amide bonds. The van der Waals surface area contributed by atoms with Crippen LogP contribution in [-0.2, 0) is 14.3 Å². The quantitative estimate of drug-likeness (QED) is 0.910. The molecule has 0 radical (unpaired) electrons. The van der Waals surface area contributed by atoms with Crippen molar-refractivity contribution in [3.05, 3.63) is 34.4 Å². The minimum atomic E-state index is -1.03. The largest absolute Gasteiger partial charge is 0.488 e. The average molecular weight is 338 g/mol. The van der Waals surface area contributed by atoms with E-state index in [1.54, 1.807) is 24.3 Å². The first-order valence-electron chi connectivity index (χ1n) is 7.19. The molecule has 0 bridgehead atoms. The van der Waals surface area contributed by atoms with E-state index in [1.807, 2.05) is 0 Å². The average Bonchev–Trinajstić information content (AvgIpc) is 2.98. The molecule has 0 saturated carbocycles. The summed E-state index contributed by atoms with van der Waals surface area (Å²) in [4.78, 5) is 25.4. The van der Waals surface area contributed by atoms with E-state index in [9.17, 15) is 14.7 Å². The van der Waals surface area contributed by atoms with Crippen molar-refractivity contribution in [2.45, 2.75) is 18.6 Å². The molecule has 3 rings (SSSR count). The van der Waals surface area contributed by atoms with Gasteiger partial charge in [0.1, 0.15) is 18.4 Å². The number of ether oxygens (including phenoxy) is 2. The van der Waals surface area contributed by atoms with Crippen molar-refractivity contribution < 1.29 is 24.2 Å². The van der Waals surface area contributed by atoms with Crippen LogP contribution in [0.25, 0.3) is 6.08 Å². The molecule has 122 valence electrons. The lowest BCUT2D eigenvalue weighted by Gasteiger charge is -2.25. The third kappa shape index (κ3) is 3.04. The summed E-state index contributed by atoms with van der Waals surface area (Å²) in [5.41, 5.74) is 1.12. The Balaban J connectivity index is 1.87. The van der Waals surface area contributed by atoms with Crippen LogP contribution in [0.3, 0.4) is 0 Å². The number of nitrogens with zero attached hydrogens (tertiary/aromatic N) is 1. The van der Waals surface area contributed by atoms with Gasteiger partial charge in [0.15, 0.2) is 0 Å². The second-order valence-electron chi connectivity index (χ2n) is 5.55. The first-order chi connectivity index (χ1) is 11.0. The van der Waals surface area contributed by atoms with E-state index in [0.717, 1.165) is 0 Å². The highest BCUT2D eigenvalue weighted by Gasteiger charge is 2.41. The molecule has 0 aromatic heterocycles. The number of hydrogen-bond donors (Lipinski definition) is 1. The van der Waals surface area contributed by atoms with Gasteiger partial charge in [-0.1, -0.05) is 11.6 Å². The maximum absolute atomic E-state index is 12.7. The molecule has 2 unspecified atom stereocenters. The molecule has 2 atom stereocenters. The Bertz CT molecular complexity index is 687. The summed E-state index contributed by atoms with van der Waals surface area (Å²) in [5, 5.41) is 9.86. The van der Waals surface area contributed by atoms with Crippen molar-refractivity contribution >= 4 is 29.6 Å². The van der Waals surface area contributed by atoms with Crippen LogP contribution in [-0.4, -0.2) is 54.3 Å². The smallest absolute Gasteiger partial charge is 0.326 e. The van der Waals surface area contributed by atoms with Crippen LogP contribution in [0, 0.1) is 0 Å². The Morgan fingerprint density at radius 3 is 2.91 bits per heavy atom. The van der Waals surface area contributed by atoms with Crippen molar-refractivity contribution in [1.82, 2.24) is 4.90 Å². The number of methoxy groups -OCH3 is 1. The molecule has 0 spiro atoms. The molecule has 1 aromatic rings. The number of halogens is 1. The van der Waals surface area contributed by atoms with Gasteiger partial charge in [0, 0.05) is 30.7 Å². The van der Waals surface area contributed by atoms with E-state index < -0.39 is 12.0 Å². The number of carboxylic acids is 1. The Hall–Kier alpha value is -2.05. The van der Waals surface area contributed by atoms with E-state index in [4.69, 9.17) is 21.1 Å². The molecule has 2 aliphatic rings. The van der Waals surface area contributed by atoms with Crippen LogP contribution < -0.4 is 4.74 Å². The van der Waals surface area contributed by atoms with Gasteiger partial charge in [-0.2, -0.15) is 0 Å². The number of carboxylic acid groups (broad SMARTS) is 1. The summed E-state index contributed by atoms with van der Waals surface area (Å²) >= 11 is 5.96. The molecular weight excluding hydrogens is 322 g/mol. The molecule has 1 saturated heterocycles. The summed E-state index contributed by atoms with van der Waals surface area (Å²) in [5.74, 6) is -0.724. The molecule has 1 fully saturated rings. The number of rotatable bonds is 3. The second-order valence-corrected chi connectivity index (χ2v) is 5.98. The van der Waals surface area contributed by atoms with Crippen LogP contribution in [0.5, 0.6) is 5.75 Å². The van der Waals surface area contributed by atoms with Gasteiger partial charge in [-0.15, -0.1) is 0 Å². The minimum Gasteiger partial charge on any atom is -0.488 e. The topological polar surface area (TPSA) is 76.1 Å². The number of amides is 1. The predicted octanol–water partition coefficient (Wildman–Crippen LogP) is 1.82. The van der Waals surface area contributed by atoms with Crippen molar-refractivity contribution in [2.75, 3.05) is 20.3 Å². The maximum Gasteiger partial charge on any atom is 0.326 e. The van der Waals surface area contributed by atoms with Crippen LogP contribution in [0.15, 0.2) is 23.8 Å². The van der Waals surface area contributed by atoms with Gasteiger partial charge < -0.3 is 19.5 Å². The highest BCUT2D eigenvalue weighted by molar-refractivity contribution is 6.30. The highest BCUT2D eigenvalue weighted by Crippen LogP contribution is 2.31. The zero-order valence-corrected chi connectivity index (χ0v) is 13.2. The Morgan fingerprint density at radius 1 is 1.43 bits per heavy atom. The van der Waals surface area contributed by atoms with Crippen LogP contribution in [0.4, 0.5) is 0 Å². The number of carbonyl (C=O) groups is 2. The van der Waals surface area contributed by atoms with Gasteiger partial charge >= 0.3 is 5.97 Å². The zero-order chi connectivity index (χ0) is 16.6. The van der Waals surface area contributed by atoms with Gasteiger partial charge in [0.25, 0.3) is 5.91 Å². The van der Waals surface area contributed by atoms with Gasteiger partial charge in [0.05, 0.1) is 11.7 Å². The fraction of sp³-hybridized carbons (Fsp3) is 0.375. The number of likely N-dealkylation sites (tertiary alicyclic amines) is 1. The van der Waals surface area contributed by atoms with Crippen LogP contribution in [0.2, 0.25) is 5.02 Å². The molecule has 2 heterocycles.